The molecule has 0 radical (unpaired) electrons. The van der Waals surface area contributed by atoms with E-state index < -0.39 is 0 Å². The molecule has 1 aliphatic rings. The summed E-state index contributed by atoms with van der Waals surface area (Å²) < 4.78 is 0. The minimum atomic E-state index is 0.609. The van der Waals surface area contributed by atoms with Crippen LogP contribution in [0, 0.1) is 0 Å². The number of fused-ring (bicyclic) bond motifs is 1. The molecule has 3 rings (SSSR count). The molecule has 1 saturated carbocycles. The van der Waals surface area contributed by atoms with Crippen LogP contribution < -0.4 is 10.2 Å². The number of benzene rings is 1. The highest BCUT2D eigenvalue weighted by atomic mass is 15.2. The van der Waals surface area contributed by atoms with Crippen LogP contribution in [-0.4, -0.2) is 31.2 Å². The van der Waals surface area contributed by atoms with Crippen LogP contribution in [0.4, 0.5) is 5.82 Å². The van der Waals surface area contributed by atoms with Gasteiger partial charge in [0.1, 0.15) is 5.82 Å². The molecule has 0 spiro atoms. The lowest BCUT2D eigenvalue weighted by molar-refractivity contribution is 0.351. The molecule has 1 aromatic carbocycles. The normalized spacial score (nSPS) is 22.9. The number of nitrogens with one attached hydrogen (secondary N) is 1. The van der Waals surface area contributed by atoms with E-state index in [9.17, 15) is 0 Å². The molecule has 0 aliphatic heterocycles. The van der Waals surface area contributed by atoms with Crippen LogP contribution in [0.1, 0.15) is 25.7 Å². The van der Waals surface area contributed by atoms with Crippen LogP contribution in [-0.2, 0) is 0 Å². The first-order valence-electron chi connectivity index (χ1n) is 7.53. The summed E-state index contributed by atoms with van der Waals surface area (Å²) in [6.07, 6.45) is 6.93. The Morgan fingerprint density at radius 2 is 1.85 bits per heavy atom. The molecule has 0 unspecified atom stereocenters. The number of hydrogen-bond donors (Lipinski definition) is 1. The largest absolute Gasteiger partial charge is 0.356 e. The molecule has 0 amide bonds. The van der Waals surface area contributed by atoms with E-state index in [1.54, 1.807) is 0 Å². The molecule has 1 fully saturated rings. The van der Waals surface area contributed by atoms with Gasteiger partial charge in [-0.05, 0) is 44.2 Å². The van der Waals surface area contributed by atoms with Crippen molar-refractivity contribution in [2.24, 2.45) is 0 Å². The maximum Gasteiger partial charge on any atom is 0.136 e. The van der Waals surface area contributed by atoms with Gasteiger partial charge in [0.2, 0.25) is 0 Å². The van der Waals surface area contributed by atoms with Crippen molar-refractivity contribution in [2.75, 3.05) is 19.0 Å². The summed E-state index contributed by atoms with van der Waals surface area (Å²) in [5, 5.41) is 5.93. The molecule has 20 heavy (non-hydrogen) atoms. The van der Waals surface area contributed by atoms with Crippen LogP contribution >= 0.6 is 0 Å². The SMILES string of the molecule is CNC1CCC(N(C)c2nccc3ccccc23)CC1. The molecule has 0 atom stereocenters. The predicted molar refractivity (Wildman–Crippen MR) is 85.2 cm³/mol. The van der Waals surface area contributed by atoms with E-state index in [0.29, 0.717) is 12.1 Å². The molecule has 3 nitrogen and oxygen atoms in total. The van der Waals surface area contributed by atoms with Crippen molar-refractivity contribution in [3.8, 4) is 0 Å². The number of nitrogens with zero attached hydrogens (tertiary/aromatic N) is 2. The van der Waals surface area contributed by atoms with Gasteiger partial charge in [-0.3, -0.25) is 0 Å². The minimum Gasteiger partial charge on any atom is -0.356 e. The van der Waals surface area contributed by atoms with Crippen molar-refractivity contribution in [3.05, 3.63) is 36.5 Å². The van der Waals surface area contributed by atoms with Gasteiger partial charge in [0.15, 0.2) is 0 Å². The summed E-state index contributed by atoms with van der Waals surface area (Å²) in [5.74, 6) is 1.12. The van der Waals surface area contributed by atoms with Crippen LogP contribution in [0.15, 0.2) is 36.5 Å². The van der Waals surface area contributed by atoms with Gasteiger partial charge in [0.25, 0.3) is 0 Å². The van der Waals surface area contributed by atoms with Crippen molar-refractivity contribution in [1.82, 2.24) is 10.3 Å². The molecule has 3 heteroatoms. The number of pyridine rings is 1. The Kier molecular flexibility index (Phi) is 3.88. The number of anilines is 1. The summed E-state index contributed by atoms with van der Waals surface area (Å²) in [6.45, 7) is 0. The fourth-order valence-electron chi connectivity index (χ4n) is 3.31. The lowest BCUT2D eigenvalue weighted by Gasteiger charge is -2.35. The molecule has 2 aromatic rings. The van der Waals surface area contributed by atoms with Crippen molar-refractivity contribution in [3.63, 3.8) is 0 Å². The maximum absolute atomic E-state index is 4.63. The topological polar surface area (TPSA) is 28.2 Å². The Labute approximate surface area is 121 Å². The minimum absolute atomic E-state index is 0.609. The van der Waals surface area contributed by atoms with Crippen molar-refractivity contribution >= 4 is 16.6 Å². The first-order chi connectivity index (χ1) is 9.79. The number of aromatic nitrogens is 1. The van der Waals surface area contributed by atoms with Crippen LogP contribution in [0.3, 0.4) is 0 Å². The van der Waals surface area contributed by atoms with E-state index >= 15 is 0 Å². The Balaban J connectivity index is 1.84. The Morgan fingerprint density at radius 3 is 2.60 bits per heavy atom. The highest BCUT2D eigenvalue weighted by Gasteiger charge is 2.24. The van der Waals surface area contributed by atoms with Gasteiger partial charge in [-0.1, -0.05) is 24.3 Å². The van der Waals surface area contributed by atoms with E-state index in [0.717, 1.165) is 5.82 Å². The molecule has 0 saturated heterocycles. The van der Waals surface area contributed by atoms with Crippen LogP contribution in [0.25, 0.3) is 10.8 Å². The molecule has 1 aliphatic carbocycles. The Bertz CT molecular complexity index is 568. The fourth-order valence-corrected chi connectivity index (χ4v) is 3.31. The smallest absolute Gasteiger partial charge is 0.136 e. The van der Waals surface area contributed by atoms with Crippen molar-refractivity contribution < 1.29 is 0 Å². The lowest BCUT2D eigenvalue weighted by atomic mass is 9.90. The van der Waals surface area contributed by atoms with Gasteiger partial charge in [-0.15, -0.1) is 0 Å². The zero-order chi connectivity index (χ0) is 13.9. The predicted octanol–water partition coefficient (Wildman–Crippen LogP) is 3.20. The number of hydrogen-bond acceptors (Lipinski definition) is 3. The average Bonchev–Trinajstić information content (AvgIpc) is 2.54. The molecule has 1 heterocycles. The van der Waals surface area contributed by atoms with Gasteiger partial charge in [-0.25, -0.2) is 4.98 Å². The van der Waals surface area contributed by atoms with Crippen LogP contribution in [0.2, 0.25) is 0 Å². The van der Waals surface area contributed by atoms with E-state index in [2.05, 4.69) is 59.6 Å². The quantitative estimate of drug-likeness (QED) is 0.927. The third-order valence-electron chi connectivity index (χ3n) is 4.64. The van der Waals surface area contributed by atoms with E-state index in [1.807, 2.05) is 6.20 Å². The van der Waals surface area contributed by atoms with Crippen molar-refractivity contribution in [1.29, 1.82) is 0 Å². The molecular formula is C17H23N3. The molecule has 0 bridgehead atoms. The van der Waals surface area contributed by atoms with Gasteiger partial charge >= 0.3 is 0 Å². The van der Waals surface area contributed by atoms with Gasteiger partial charge in [-0.2, -0.15) is 0 Å². The molecule has 106 valence electrons. The van der Waals surface area contributed by atoms with E-state index in [1.165, 1.54) is 36.5 Å². The number of rotatable bonds is 3. The first kappa shape index (κ1) is 13.4. The molecular weight excluding hydrogens is 246 g/mol. The zero-order valence-electron chi connectivity index (χ0n) is 12.3. The Hall–Kier alpha value is -1.61. The summed E-state index contributed by atoms with van der Waals surface area (Å²) in [6, 6.07) is 11.9. The summed E-state index contributed by atoms with van der Waals surface area (Å²) in [7, 11) is 4.26. The van der Waals surface area contributed by atoms with Crippen molar-refractivity contribution in [2.45, 2.75) is 37.8 Å². The highest BCUT2D eigenvalue weighted by Crippen LogP contribution is 2.29. The molecule has 1 aromatic heterocycles. The second-order valence-electron chi connectivity index (χ2n) is 5.76. The first-order valence-corrected chi connectivity index (χ1v) is 7.53. The standard InChI is InChI=1S/C17H23N3/c1-18-14-7-9-15(10-8-14)20(2)17-16-6-4-3-5-13(16)11-12-19-17/h3-6,11-12,14-15,18H,7-10H2,1-2H3. The fraction of sp³-hybridized carbons (Fsp3) is 0.471. The van der Waals surface area contributed by atoms with Gasteiger partial charge in [0.05, 0.1) is 0 Å². The summed E-state index contributed by atoms with van der Waals surface area (Å²) in [4.78, 5) is 7.01. The monoisotopic (exact) mass is 269 g/mol. The Morgan fingerprint density at radius 1 is 1.10 bits per heavy atom. The van der Waals surface area contributed by atoms with E-state index in [4.69, 9.17) is 0 Å². The second-order valence-corrected chi connectivity index (χ2v) is 5.76. The summed E-state index contributed by atoms with van der Waals surface area (Å²) in [5.41, 5.74) is 0. The average molecular weight is 269 g/mol. The third-order valence-corrected chi connectivity index (χ3v) is 4.64. The van der Waals surface area contributed by atoms with Gasteiger partial charge < -0.3 is 10.2 Å². The third kappa shape index (κ3) is 2.50. The second kappa shape index (κ2) is 5.80. The maximum atomic E-state index is 4.63. The van der Waals surface area contributed by atoms with Crippen LogP contribution in [0.5, 0.6) is 0 Å². The molecule has 1 N–H and O–H groups in total. The highest BCUT2D eigenvalue weighted by molar-refractivity contribution is 5.92. The zero-order valence-corrected chi connectivity index (χ0v) is 12.3. The van der Waals surface area contributed by atoms with Gasteiger partial charge in [0, 0.05) is 30.7 Å². The van der Waals surface area contributed by atoms with E-state index in [-0.39, 0.29) is 0 Å². The lowest BCUT2D eigenvalue weighted by Crippen LogP contribution is -2.40. The summed E-state index contributed by atoms with van der Waals surface area (Å²) >= 11 is 0.